The lowest BCUT2D eigenvalue weighted by atomic mass is 10.1. The van der Waals surface area contributed by atoms with Crippen LogP contribution in [0.5, 0.6) is 5.75 Å². The van der Waals surface area contributed by atoms with Gasteiger partial charge in [0.2, 0.25) is 0 Å². The number of phenols is 1. The lowest BCUT2D eigenvalue weighted by molar-refractivity contribution is -1.02. The number of hydrogen-bond acceptors (Lipinski definition) is 2. The Morgan fingerprint density at radius 2 is 1.76 bits per heavy atom. The van der Waals surface area contributed by atoms with Crippen molar-refractivity contribution in [1.82, 2.24) is 0 Å². The molecule has 1 aromatic heterocycles. The number of hydrogen-bond donors (Lipinski definition) is 3. The van der Waals surface area contributed by atoms with Crippen molar-refractivity contribution in [2.75, 3.05) is 26.2 Å². The molecular formula is C16H21BrN2O2+2. The van der Waals surface area contributed by atoms with E-state index < -0.39 is 0 Å². The predicted molar refractivity (Wildman–Crippen MR) is 83.3 cm³/mol. The van der Waals surface area contributed by atoms with Gasteiger partial charge in [-0.25, -0.2) is 0 Å². The molecule has 3 rings (SSSR count). The van der Waals surface area contributed by atoms with E-state index in [1.54, 1.807) is 17.2 Å². The molecule has 1 aromatic carbocycles. The Balaban J connectivity index is 1.52. The molecule has 1 saturated heterocycles. The number of halogens is 1. The average Bonchev–Trinajstić information content (AvgIpc) is 2.98. The average molecular weight is 353 g/mol. The van der Waals surface area contributed by atoms with E-state index in [0.717, 1.165) is 55.1 Å². The van der Waals surface area contributed by atoms with Crippen molar-refractivity contribution in [2.45, 2.75) is 13.1 Å². The number of piperazine rings is 1. The third-order valence-corrected chi connectivity index (χ3v) is 4.64. The number of furan rings is 1. The molecule has 0 saturated carbocycles. The van der Waals surface area contributed by atoms with Gasteiger partial charge < -0.3 is 19.3 Å². The lowest BCUT2D eigenvalue weighted by Gasteiger charge is -2.29. The van der Waals surface area contributed by atoms with Crippen LogP contribution in [-0.2, 0) is 13.1 Å². The molecule has 0 amide bonds. The summed E-state index contributed by atoms with van der Waals surface area (Å²) in [5, 5.41) is 9.94. The third kappa shape index (κ3) is 3.87. The second kappa shape index (κ2) is 6.64. The van der Waals surface area contributed by atoms with Crippen molar-refractivity contribution in [1.29, 1.82) is 0 Å². The number of phenolic OH excluding ortho intramolecular Hbond substituents is 1. The Kier molecular flexibility index (Phi) is 4.63. The standard InChI is InChI=1S/C16H19BrN2O2/c17-14-3-4-16(20)13(10-14)11-18-5-7-19(8-6-18)12-15-2-1-9-21-15/h1-4,9-10,20H,5-8,11-12H2/p+2. The summed E-state index contributed by atoms with van der Waals surface area (Å²) < 4.78 is 6.45. The molecule has 0 atom stereocenters. The minimum Gasteiger partial charge on any atom is -0.507 e. The molecule has 0 radical (unpaired) electrons. The normalized spacial score (nSPS) is 22.3. The first kappa shape index (κ1) is 14.6. The Morgan fingerprint density at radius 1 is 1.05 bits per heavy atom. The maximum atomic E-state index is 9.94. The van der Waals surface area contributed by atoms with Crippen molar-refractivity contribution >= 4 is 15.9 Å². The summed E-state index contributed by atoms with van der Waals surface area (Å²) in [5.74, 6) is 1.47. The van der Waals surface area contributed by atoms with Crippen molar-refractivity contribution in [3.05, 3.63) is 52.4 Å². The van der Waals surface area contributed by atoms with E-state index in [0.29, 0.717) is 5.75 Å². The SMILES string of the molecule is Oc1ccc(Br)cc1C[NH+]1CC[NH+](Cc2ccco2)CC1. The van der Waals surface area contributed by atoms with Crippen LogP contribution < -0.4 is 9.80 Å². The van der Waals surface area contributed by atoms with Crippen LogP contribution in [0.3, 0.4) is 0 Å². The van der Waals surface area contributed by atoms with Gasteiger partial charge in [-0.3, -0.25) is 0 Å². The fourth-order valence-corrected chi connectivity index (χ4v) is 3.34. The van der Waals surface area contributed by atoms with Gasteiger partial charge in [-0.05, 0) is 30.3 Å². The van der Waals surface area contributed by atoms with E-state index in [9.17, 15) is 5.11 Å². The number of rotatable bonds is 4. The van der Waals surface area contributed by atoms with E-state index in [2.05, 4.69) is 15.9 Å². The van der Waals surface area contributed by atoms with Gasteiger partial charge in [0.25, 0.3) is 0 Å². The van der Waals surface area contributed by atoms with Crippen LogP contribution in [0.25, 0.3) is 0 Å². The first-order valence-corrected chi connectivity index (χ1v) is 8.17. The van der Waals surface area contributed by atoms with E-state index in [1.807, 2.05) is 24.3 Å². The molecule has 1 aliphatic heterocycles. The van der Waals surface area contributed by atoms with Gasteiger partial charge in [-0.15, -0.1) is 0 Å². The van der Waals surface area contributed by atoms with Crippen molar-refractivity contribution in [3.8, 4) is 5.75 Å². The zero-order valence-electron chi connectivity index (χ0n) is 11.9. The molecule has 0 unspecified atom stereocenters. The highest BCUT2D eigenvalue weighted by Crippen LogP contribution is 2.20. The number of benzene rings is 1. The van der Waals surface area contributed by atoms with Crippen molar-refractivity contribution < 1.29 is 19.3 Å². The highest BCUT2D eigenvalue weighted by atomic mass is 79.9. The summed E-state index contributed by atoms with van der Waals surface area (Å²) in [6, 6.07) is 9.65. The summed E-state index contributed by atoms with van der Waals surface area (Å²) in [7, 11) is 0. The molecule has 0 spiro atoms. The first-order chi connectivity index (χ1) is 10.2. The van der Waals surface area contributed by atoms with Crippen LogP contribution >= 0.6 is 15.9 Å². The summed E-state index contributed by atoms with van der Waals surface area (Å²) in [5.41, 5.74) is 1.02. The number of aromatic hydroxyl groups is 1. The molecule has 1 fully saturated rings. The lowest BCUT2D eigenvalue weighted by Crippen LogP contribution is -3.27. The van der Waals surface area contributed by atoms with Crippen LogP contribution in [0.15, 0.2) is 45.5 Å². The Bertz CT molecular complexity index is 578. The maximum absolute atomic E-state index is 9.94. The zero-order valence-corrected chi connectivity index (χ0v) is 13.5. The van der Waals surface area contributed by atoms with Gasteiger partial charge >= 0.3 is 0 Å². The number of quaternary nitrogens is 2. The largest absolute Gasteiger partial charge is 0.507 e. The number of nitrogens with one attached hydrogen (secondary N) is 2. The van der Waals surface area contributed by atoms with Crippen LogP contribution in [0.2, 0.25) is 0 Å². The summed E-state index contributed by atoms with van der Waals surface area (Å²) in [6.45, 7) is 6.40. The minimum absolute atomic E-state index is 0.399. The van der Waals surface area contributed by atoms with E-state index in [-0.39, 0.29) is 0 Å². The second-order valence-electron chi connectivity index (χ2n) is 5.71. The molecule has 21 heavy (non-hydrogen) atoms. The van der Waals surface area contributed by atoms with Crippen LogP contribution in [0.1, 0.15) is 11.3 Å². The summed E-state index contributed by atoms with van der Waals surface area (Å²) in [6.07, 6.45) is 1.74. The van der Waals surface area contributed by atoms with Gasteiger partial charge in [0.1, 0.15) is 45.0 Å². The summed E-state index contributed by atoms with van der Waals surface area (Å²) in [4.78, 5) is 3.11. The molecule has 3 N–H and O–H groups in total. The predicted octanol–water partition coefficient (Wildman–Crippen LogP) is 0.231. The molecule has 5 heteroatoms. The zero-order chi connectivity index (χ0) is 14.7. The van der Waals surface area contributed by atoms with Gasteiger partial charge in [0.15, 0.2) is 5.76 Å². The smallest absolute Gasteiger partial charge is 0.157 e. The van der Waals surface area contributed by atoms with Gasteiger partial charge in [0, 0.05) is 10.0 Å². The molecule has 4 nitrogen and oxygen atoms in total. The Hall–Kier alpha value is -1.30. The van der Waals surface area contributed by atoms with Gasteiger partial charge in [-0.2, -0.15) is 0 Å². The fraction of sp³-hybridized carbons (Fsp3) is 0.375. The molecule has 2 aromatic rings. The van der Waals surface area contributed by atoms with Crippen LogP contribution in [-0.4, -0.2) is 31.3 Å². The molecular weight excluding hydrogens is 332 g/mol. The van der Waals surface area contributed by atoms with Gasteiger partial charge in [-0.1, -0.05) is 15.9 Å². The Morgan fingerprint density at radius 3 is 2.43 bits per heavy atom. The monoisotopic (exact) mass is 352 g/mol. The first-order valence-electron chi connectivity index (χ1n) is 7.37. The third-order valence-electron chi connectivity index (χ3n) is 4.15. The molecule has 0 bridgehead atoms. The van der Waals surface area contributed by atoms with Crippen LogP contribution in [0, 0.1) is 0 Å². The molecule has 2 heterocycles. The molecule has 1 aliphatic rings. The highest BCUT2D eigenvalue weighted by molar-refractivity contribution is 9.10. The van der Waals surface area contributed by atoms with Crippen molar-refractivity contribution in [2.24, 2.45) is 0 Å². The van der Waals surface area contributed by atoms with Crippen molar-refractivity contribution in [3.63, 3.8) is 0 Å². The summed E-state index contributed by atoms with van der Waals surface area (Å²) >= 11 is 3.47. The second-order valence-corrected chi connectivity index (χ2v) is 6.62. The fourth-order valence-electron chi connectivity index (χ4n) is 2.94. The van der Waals surface area contributed by atoms with Gasteiger partial charge in [0.05, 0.1) is 6.26 Å². The van der Waals surface area contributed by atoms with E-state index in [1.165, 1.54) is 4.90 Å². The quantitative estimate of drug-likeness (QED) is 0.737. The highest BCUT2D eigenvalue weighted by Gasteiger charge is 2.24. The van der Waals surface area contributed by atoms with E-state index in [4.69, 9.17) is 4.42 Å². The van der Waals surface area contributed by atoms with Crippen LogP contribution in [0.4, 0.5) is 0 Å². The van der Waals surface area contributed by atoms with E-state index >= 15 is 0 Å². The minimum atomic E-state index is 0.399. The molecule has 0 aliphatic carbocycles. The topological polar surface area (TPSA) is 42.2 Å². The maximum Gasteiger partial charge on any atom is 0.157 e. The Labute approximate surface area is 133 Å². The molecule has 112 valence electrons.